The van der Waals surface area contributed by atoms with Crippen LogP contribution in [-0.2, 0) is 6.54 Å². The highest BCUT2D eigenvalue weighted by Gasteiger charge is 2.28. The number of alkyl halides is 3. The molecule has 11 heteroatoms. The molecule has 0 fully saturated rings. The Morgan fingerprint density at radius 2 is 1.67 bits per heavy atom. The summed E-state index contributed by atoms with van der Waals surface area (Å²) in [5, 5.41) is 2.10. The highest BCUT2D eigenvalue weighted by Crippen LogP contribution is 2.23. The van der Waals surface area contributed by atoms with Crippen LogP contribution in [0.25, 0.3) is 0 Å². The minimum Gasteiger partial charge on any atom is -0.468 e. The first-order chi connectivity index (χ1) is 11.2. The average molecular weight is 355 g/mol. The molecule has 0 aliphatic carbocycles. The maximum Gasteiger partial charge on any atom is 0.422 e. The van der Waals surface area contributed by atoms with Crippen molar-refractivity contribution in [3.05, 3.63) is 47.4 Å². The van der Waals surface area contributed by atoms with Gasteiger partial charge < -0.3 is 10.1 Å². The third-order valence-electron chi connectivity index (χ3n) is 2.65. The van der Waals surface area contributed by atoms with Crippen molar-refractivity contribution >= 4 is 5.69 Å². The van der Waals surface area contributed by atoms with Gasteiger partial charge in [0.25, 0.3) is 11.9 Å². The predicted octanol–water partition coefficient (Wildman–Crippen LogP) is 3.59. The number of pyridine rings is 2. The van der Waals surface area contributed by atoms with Gasteiger partial charge >= 0.3 is 6.18 Å². The van der Waals surface area contributed by atoms with E-state index in [0.717, 1.165) is 12.3 Å². The lowest BCUT2D eigenvalue weighted by Crippen LogP contribution is -2.19. The average Bonchev–Trinajstić information content (AvgIpc) is 2.51. The fourth-order valence-corrected chi connectivity index (χ4v) is 1.63. The van der Waals surface area contributed by atoms with E-state index in [1.54, 1.807) is 0 Å². The molecule has 0 aromatic carbocycles. The van der Waals surface area contributed by atoms with Crippen LogP contribution in [-0.4, -0.2) is 22.8 Å². The SMILES string of the molecule is Fc1nc(F)c(F)c(NCc2ccnc(OCC(F)(F)F)c2)c1F. The summed E-state index contributed by atoms with van der Waals surface area (Å²) in [5.74, 6) is -7.49. The van der Waals surface area contributed by atoms with Crippen molar-refractivity contribution in [3.63, 3.8) is 0 Å². The zero-order valence-corrected chi connectivity index (χ0v) is 11.6. The number of rotatable bonds is 5. The smallest absolute Gasteiger partial charge is 0.422 e. The summed E-state index contributed by atoms with van der Waals surface area (Å²) in [4.78, 5) is 5.92. The molecule has 2 aromatic rings. The van der Waals surface area contributed by atoms with Crippen LogP contribution in [0, 0.1) is 23.5 Å². The van der Waals surface area contributed by atoms with Gasteiger partial charge in [0, 0.05) is 18.8 Å². The molecule has 2 heterocycles. The van der Waals surface area contributed by atoms with Crippen molar-refractivity contribution in [3.8, 4) is 5.88 Å². The molecular weight excluding hydrogens is 347 g/mol. The molecule has 0 bridgehead atoms. The lowest BCUT2D eigenvalue weighted by atomic mass is 10.2. The minimum atomic E-state index is -4.56. The Labute approximate surface area is 130 Å². The Morgan fingerprint density at radius 3 is 2.25 bits per heavy atom. The fraction of sp³-hybridized carbons (Fsp3) is 0.231. The molecule has 0 unspecified atom stereocenters. The van der Waals surface area contributed by atoms with E-state index in [4.69, 9.17) is 0 Å². The van der Waals surface area contributed by atoms with E-state index in [0.29, 0.717) is 0 Å². The molecule has 4 nitrogen and oxygen atoms in total. The summed E-state index contributed by atoms with van der Waals surface area (Å²) in [7, 11) is 0. The van der Waals surface area contributed by atoms with Crippen LogP contribution >= 0.6 is 0 Å². The van der Waals surface area contributed by atoms with Gasteiger partial charge in [-0.2, -0.15) is 35.7 Å². The maximum atomic E-state index is 13.4. The monoisotopic (exact) mass is 355 g/mol. The van der Waals surface area contributed by atoms with Gasteiger partial charge in [0.15, 0.2) is 6.61 Å². The Morgan fingerprint density at radius 1 is 1.04 bits per heavy atom. The van der Waals surface area contributed by atoms with Crippen LogP contribution in [0.4, 0.5) is 36.4 Å². The second-order valence-electron chi connectivity index (χ2n) is 4.46. The van der Waals surface area contributed by atoms with Crippen LogP contribution in [0.15, 0.2) is 18.3 Å². The van der Waals surface area contributed by atoms with Crippen LogP contribution in [0.1, 0.15) is 5.56 Å². The summed E-state index contributed by atoms with van der Waals surface area (Å²) in [6.45, 7) is -1.93. The summed E-state index contributed by atoms with van der Waals surface area (Å²) in [5.41, 5.74) is -0.881. The number of halogens is 7. The maximum absolute atomic E-state index is 13.4. The Kier molecular flexibility index (Phi) is 5.10. The summed E-state index contributed by atoms with van der Waals surface area (Å²) in [6.07, 6.45) is -3.46. The van der Waals surface area contributed by atoms with Crippen LogP contribution in [0.3, 0.4) is 0 Å². The topological polar surface area (TPSA) is 47.0 Å². The van der Waals surface area contributed by atoms with E-state index in [1.165, 1.54) is 6.07 Å². The number of aromatic nitrogens is 2. The van der Waals surface area contributed by atoms with Crippen molar-refractivity contribution < 1.29 is 35.5 Å². The Balaban J connectivity index is 2.11. The Bertz CT molecular complexity index is 710. The first-order valence-corrected chi connectivity index (χ1v) is 6.25. The molecule has 2 aromatic heterocycles. The molecule has 0 saturated heterocycles. The highest BCUT2D eigenvalue weighted by atomic mass is 19.4. The lowest BCUT2D eigenvalue weighted by Gasteiger charge is -2.11. The van der Waals surface area contributed by atoms with Crippen LogP contribution in [0.5, 0.6) is 5.88 Å². The van der Waals surface area contributed by atoms with E-state index in [-0.39, 0.29) is 18.0 Å². The standard InChI is InChI=1S/C13H8F7N3O/c14-8-10(9(15)12(17)23-11(8)16)22-4-6-1-2-21-7(3-6)24-5-13(18,19)20/h1-3H,4-5H2,(H,22,23). The normalized spacial score (nSPS) is 11.5. The number of nitrogens with one attached hydrogen (secondary N) is 1. The molecule has 130 valence electrons. The van der Waals surface area contributed by atoms with Crippen LogP contribution < -0.4 is 10.1 Å². The zero-order chi connectivity index (χ0) is 17.9. The van der Waals surface area contributed by atoms with Gasteiger partial charge in [-0.05, 0) is 11.6 Å². The van der Waals surface area contributed by atoms with E-state index in [2.05, 4.69) is 20.0 Å². The number of anilines is 1. The fourth-order valence-electron chi connectivity index (χ4n) is 1.63. The highest BCUT2D eigenvalue weighted by molar-refractivity contribution is 5.46. The summed E-state index contributed by atoms with van der Waals surface area (Å²) in [6, 6.07) is 2.37. The van der Waals surface area contributed by atoms with Gasteiger partial charge in [-0.25, -0.2) is 4.98 Å². The lowest BCUT2D eigenvalue weighted by molar-refractivity contribution is -0.154. The van der Waals surface area contributed by atoms with Gasteiger partial charge in [0.1, 0.15) is 5.69 Å². The van der Waals surface area contributed by atoms with Gasteiger partial charge in [0.2, 0.25) is 17.5 Å². The van der Waals surface area contributed by atoms with Crippen molar-refractivity contribution in [2.45, 2.75) is 12.7 Å². The summed E-state index contributed by atoms with van der Waals surface area (Å²) >= 11 is 0. The molecule has 0 aliphatic heterocycles. The molecule has 0 aliphatic rings. The van der Waals surface area contributed by atoms with E-state index < -0.39 is 42.0 Å². The first-order valence-electron chi connectivity index (χ1n) is 6.25. The molecule has 24 heavy (non-hydrogen) atoms. The molecule has 2 rings (SSSR count). The quantitative estimate of drug-likeness (QED) is 0.658. The third kappa shape index (κ3) is 4.46. The second kappa shape index (κ2) is 6.89. The largest absolute Gasteiger partial charge is 0.468 e. The third-order valence-corrected chi connectivity index (χ3v) is 2.65. The Hall–Kier alpha value is -2.59. The molecule has 1 N–H and O–H groups in total. The second-order valence-corrected chi connectivity index (χ2v) is 4.46. The van der Waals surface area contributed by atoms with Gasteiger partial charge in [0.05, 0.1) is 0 Å². The molecule has 0 atom stereocenters. The predicted molar refractivity (Wildman–Crippen MR) is 67.2 cm³/mol. The van der Waals surface area contributed by atoms with Crippen molar-refractivity contribution in [2.75, 3.05) is 11.9 Å². The van der Waals surface area contributed by atoms with E-state index in [1.807, 2.05) is 0 Å². The molecule has 0 saturated carbocycles. The van der Waals surface area contributed by atoms with Crippen molar-refractivity contribution in [2.24, 2.45) is 0 Å². The van der Waals surface area contributed by atoms with Gasteiger partial charge in [-0.1, -0.05) is 0 Å². The van der Waals surface area contributed by atoms with Crippen LogP contribution in [0.2, 0.25) is 0 Å². The molecule has 0 spiro atoms. The van der Waals surface area contributed by atoms with E-state index in [9.17, 15) is 30.7 Å². The first kappa shape index (κ1) is 17.8. The van der Waals surface area contributed by atoms with Gasteiger partial charge in [-0.15, -0.1) is 0 Å². The van der Waals surface area contributed by atoms with Crippen molar-refractivity contribution in [1.29, 1.82) is 0 Å². The molecule has 0 amide bonds. The minimum absolute atomic E-state index is 0.207. The molecular formula is C13H8F7N3O. The van der Waals surface area contributed by atoms with Gasteiger partial charge in [-0.3, -0.25) is 0 Å². The number of ether oxygens (including phenoxy) is 1. The summed E-state index contributed by atoms with van der Waals surface area (Å²) < 4.78 is 93.3. The van der Waals surface area contributed by atoms with Crippen molar-refractivity contribution in [1.82, 2.24) is 9.97 Å². The zero-order valence-electron chi connectivity index (χ0n) is 11.6. The number of nitrogens with zero attached hydrogens (tertiary/aromatic N) is 2. The van der Waals surface area contributed by atoms with E-state index >= 15 is 0 Å². The number of hydrogen-bond donors (Lipinski definition) is 1. The molecule has 0 radical (unpaired) electrons. The number of hydrogen-bond acceptors (Lipinski definition) is 4.